The van der Waals surface area contributed by atoms with Crippen LogP contribution in [0.1, 0.15) is 12.5 Å². The predicted molar refractivity (Wildman–Crippen MR) is 71.8 cm³/mol. The highest BCUT2D eigenvalue weighted by Gasteiger charge is 2.28. The van der Waals surface area contributed by atoms with Crippen molar-refractivity contribution < 1.29 is 18.9 Å². The van der Waals surface area contributed by atoms with Crippen molar-refractivity contribution in [2.75, 3.05) is 39.8 Å². The first-order valence-corrected chi connectivity index (χ1v) is 6.63. The molecule has 1 aliphatic heterocycles. The SMILES string of the molecule is CC1(COCCOCc2ccccc2)COCOC1. The normalized spacial score (nSPS) is 18.4. The fourth-order valence-electron chi connectivity index (χ4n) is 1.96. The molecule has 4 nitrogen and oxygen atoms in total. The third-order valence-corrected chi connectivity index (χ3v) is 3.00. The molecule has 1 fully saturated rings. The Balaban J connectivity index is 1.52. The van der Waals surface area contributed by atoms with Crippen LogP contribution in [0.3, 0.4) is 0 Å². The maximum Gasteiger partial charge on any atom is 0.146 e. The van der Waals surface area contributed by atoms with E-state index in [0.29, 0.717) is 46.4 Å². The summed E-state index contributed by atoms with van der Waals surface area (Å²) in [7, 11) is 0. The zero-order valence-electron chi connectivity index (χ0n) is 11.5. The summed E-state index contributed by atoms with van der Waals surface area (Å²) in [6, 6.07) is 10.1. The average molecular weight is 266 g/mol. The average Bonchev–Trinajstić information content (AvgIpc) is 2.44. The van der Waals surface area contributed by atoms with Crippen LogP contribution in [0.4, 0.5) is 0 Å². The Kier molecular flexibility index (Phi) is 5.79. The first-order chi connectivity index (χ1) is 9.29. The molecule has 2 rings (SSSR count). The molecule has 1 saturated heterocycles. The van der Waals surface area contributed by atoms with Gasteiger partial charge >= 0.3 is 0 Å². The minimum Gasteiger partial charge on any atom is -0.378 e. The van der Waals surface area contributed by atoms with Crippen LogP contribution in [0.2, 0.25) is 0 Å². The molecule has 0 unspecified atom stereocenters. The Morgan fingerprint density at radius 2 is 1.74 bits per heavy atom. The summed E-state index contributed by atoms with van der Waals surface area (Å²) in [5, 5.41) is 0. The van der Waals surface area contributed by atoms with Crippen molar-refractivity contribution in [2.24, 2.45) is 5.41 Å². The van der Waals surface area contributed by atoms with E-state index in [0.717, 1.165) is 0 Å². The molecule has 0 aliphatic carbocycles. The zero-order chi connectivity index (χ0) is 13.4. The Hall–Kier alpha value is -0.940. The molecule has 1 aromatic carbocycles. The number of ether oxygens (including phenoxy) is 4. The van der Waals surface area contributed by atoms with Crippen molar-refractivity contribution in [3.63, 3.8) is 0 Å². The topological polar surface area (TPSA) is 36.9 Å². The minimum atomic E-state index is -0.0301. The zero-order valence-corrected chi connectivity index (χ0v) is 11.5. The fraction of sp³-hybridized carbons (Fsp3) is 0.600. The van der Waals surface area contributed by atoms with Gasteiger partial charge in [-0.15, -0.1) is 0 Å². The van der Waals surface area contributed by atoms with E-state index in [-0.39, 0.29) is 5.41 Å². The van der Waals surface area contributed by atoms with E-state index < -0.39 is 0 Å². The lowest BCUT2D eigenvalue weighted by molar-refractivity contribution is -0.176. The summed E-state index contributed by atoms with van der Waals surface area (Å²) in [6.45, 7) is 6.37. The summed E-state index contributed by atoms with van der Waals surface area (Å²) >= 11 is 0. The van der Waals surface area contributed by atoms with Gasteiger partial charge in [0.2, 0.25) is 0 Å². The van der Waals surface area contributed by atoms with E-state index in [4.69, 9.17) is 18.9 Å². The van der Waals surface area contributed by atoms with Crippen LogP contribution >= 0.6 is 0 Å². The van der Waals surface area contributed by atoms with Gasteiger partial charge in [-0.2, -0.15) is 0 Å². The van der Waals surface area contributed by atoms with Crippen LogP contribution in [0, 0.1) is 5.41 Å². The van der Waals surface area contributed by atoms with E-state index in [1.165, 1.54) is 5.56 Å². The molecule has 0 aromatic heterocycles. The minimum absolute atomic E-state index is 0.0301. The van der Waals surface area contributed by atoms with Gasteiger partial charge in [-0.1, -0.05) is 37.3 Å². The molecule has 0 spiro atoms. The van der Waals surface area contributed by atoms with Gasteiger partial charge in [0.05, 0.1) is 39.6 Å². The predicted octanol–water partition coefficient (Wildman–Crippen LogP) is 2.23. The molecular weight excluding hydrogens is 244 g/mol. The first kappa shape index (κ1) is 14.5. The van der Waals surface area contributed by atoms with Gasteiger partial charge in [0.15, 0.2) is 0 Å². The second kappa shape index (κ2) is 7.60. The molecule has 106 valence electrons. The lowest BCUT2D eigenvalue weighted by Gasteiger charge is -2.32. The van der Waals surface area contributed by atoms with Gasteiger partial charge in [-0.25, -0.2) is 0 Å². The number of rotatable bonds is 7. The quantitative estimate of drug-likeness (QED) is 0.709. The maximum absolute atomic E-state index is 5.63. The molecule has 0 N–H and O–H groups in total. The van der Waals surface area contributed by atoms with Crippen LogP contribution < -0.4 is 0 Å². The molecule has 0 amide bonds. The standard InChI is InChI=1S/C15H22O4/c1-15(11-18-13-19-12-15)10-17-8-7-16-9-14-5-3-2-4-6-14/h2-6H,7-13H2,1H3. The van der Waals surface area contributed by atoms with Crippen LogP contribution in [-0.4, -0.2) is 39.8 Å². The summed E-state index contributed by atoms with van der Waals surface area (Å²) in [4.78, 5) is 0. The van der Waals surface area contributed by atoms with Crippen molar-refractivity contribution in [2.45, 2.75) is 13.5 Å². The summed E-state index contributed by atoms with van der Waals surface area (Å²) in [5.74, 6) is 0. The summed E-state index contributed by atoms with van der Waals surface area (Å²) in [6.07, 6.45) is 0. The van der Waals surface area contributed by atoms with Gasteiger partial charge in [-0.3, -0.25) is 0 Å². The Labute approximate surface area is 114 Å². The Morgan fingerprint density at radius 1 is 1.05 bits per heavy atom. The molecule has 0 radical (unpaired) electrons. The summed E-state index contributed by atoms with van der Waals surface area (Å²) in [5.41, 5.74) is 1.15. The van der Waals surface area contributed by atoms with Crippen LogP contribution in [0.5, 0.6) is 0 Å². The van der Waals surface area contributed by atoms with E-state index in [1.807, 2.05) is 18.2 Å². The molecule has 0 bridgehead atoms. The largest absolute Gasteiger partial charge is 0.378 e. The lowest BCUT2D eigenvalue weighted by atomic mass is 9.94. The number of benzene rings is 1. The third-order valence-electron chi connectivity index (χ3n) is 3.00. The van der Waals surface area contributed by atoms with Crippen LogP contribution in [0.25, 0.3) is 0 Å². The van der Waals surface area contributed by atoms with Gasteiger partial charge in [0.25, 0.3) is 0 Å². The maximum atomic E-state index is 5.63. The van der Waals surface area contributed by atoms with Gasteiger partial charge in [0.1, 0.15) is 6.79 Å². The van der Waals surface area contributed by atoms with Gasteiger partial charge < -0.3 is 18.9 Å². The van der Waals surface area contributed by atoms with Crippen molar-refractivity contribution in [1.82, 2.24) is 0 Å². The number of hydrogen-bond donors (Lipinski definition) is 0. The van der Waals surface area contributed by atoms with E-state index >= 15 is 0 Å². The lowest BCUT2D eigenvalue weighted by Crippen LogP contribution is -2.38. The second-order valence-electron chi connectivity index (χ2n) is 5.22. The Morgan fingerprint density at radius 3 is 2.47 bits per heavy atom. The van der Waals surface area contributed by atoms with Gasteiger partial charge in [0, 0.05) is 5.41 Å². The molecule has 1 aromatic rings. The first-order valence-electron chi connectivity index (χ1n) is 6.63. The Bertz CT molecular complexity index is 346. The van der Waals surface area contributed by atoms with E-state index in [2.05, 4.69) is 19.1 Å². The smallest absolute Gasteiger partial charge is 0.146 e. The van der Waals surface area contributed by atoms with Crippen molar-refractivity contribution in [3.8, 4) is 0 Å². The van der Waals surface area contributed by atoms with E-state index in [1.54, 1.807) is 0 Å². The molecular formula is C15H22O4. The van der Waals surface area contributed by atoms with Gasteiger partial charge in [-0.05, 0) is 5.56 Å². The monoisotopic (exact) mass is 266 g/mol. The van der Waals surface area contributed by atoms with Crippen molar-refractivity contribution >= 4 is 0 Å². The van der Waals surface area contributed by atoms with Crippen molar-refractivity contribution in [3.05, 3.63) is 35.9 Å². The molecule has 0 atom stereocenters. The highest BCUT2D eigenvalue weighted by molar-refractivity contribution is 5.13. The molecule has 19 heavy (non-hydrogen) atoms. The second-order valence-corrected chi connectivity index (χ2v) is 5.22. The summed E-state index contributed by atoms with van der Waals surface area (Å²) < 4.78 is 21.8. The fourth-order valence-corrected chi connectivity index (χ4v) is 1.96. The van der Waals surface area contributed by atoms with Crippen LogP contribution in [-0.2, 0) is 25.6 Å². The third kappa shape index (κ3) is 5.28. The molecule has 0 saturated carbocycles. The van der Waals surface area contributed by atoms with E-state index in [9.17, 15) is 0 Å². The van der Waals surface area contributed by atoms with Crippen LogP contribution in [0.15, 0.2) is 30.3 Å². The molecule has 4 heteroatoms. The van der Waals surface area contributed by atoms with Crippen molar-refractivity contribution in [1.29, 1.82) is 0 Å². The highest BCUT2D eigenvalue weighted by atomic mass is 16.7. The molecule has 1 aliphatic rings. The highest BCUT2D eigenvalue weighted by Crippen LogP contribution is 2.21. The molecule has 1 heterocycles. The number of hydrogen-bond acceptors (Lipinski definition) is 4.